The topological polar surface area (TPSA) is 73.9 Å². The summed E-state index contributed by atoms with van der Waals surface area (Å²) in [5.74, 6) is -0.101. The van der Waals surface area contributed by atoms with Gasteiger partial charge in [0, 0.05) is 0 Å². The first kappa shape index (κ1) is 18.0. The molecule has 4 nitrogen and oxygen atoms in total. The number of nitrogens with zero attached hydrogens (tertiary/aromatic N) is 2. The molecule has 0 saturated heterocycles. The molecule has 0 spiro atoms. The summed E-state index contributed by atoms with van der Waals surface area (Å²) in [7, 11) is 0. The molecule has 0 heterocycles. The molecule has 25 heavy (non-hydrogen) atoms. The van der Waals surface area contributed by atoms with Gasteiger partial charge in [-0.3, -0.25) is 0 Å². The van der Waals surface area contributed by atoms with E-state index in [0.29, 0.717) is 16.9 Å². The van der Waals surface area contributed by atoms with Crippen molar-refractivity contribution in [2.75, 3.05) is 0 Å². The van der Waals surface area contributed by atoms with Crippen LogP contribution in [0.2, 0.25) is 0 Å². The van der Waals surface area contributed by atoms with Gasteiger partial charge in [-0.1, -0.05) is 45.0 Å². The van der Waals surface area contributed by atoms with E-state index < -0.39 is 5.97 Å². The SMILES string of the molecule is CC(C)(C)c1ccc(C(=O)Oc2cccc(C=C(C#N)C#N)c2)cc1. The highest BCUT2D eigenvalue weighted by atomic mass is 16.5. The van der Waals surface area contributed by atoms with Gasteiger partial charge in [0.2, 0.25) is 0 Å². The lowest BCUT2D eigenvalue weighted by atomic mass is 9.87. The zero-order valence-corrected chi connectivity index (χ0v) is 14.4. The van der Waals surface area contributed by atoms with E-state index >= 15 is 0 Å². The number of hydrogen-bond donors (Lipinski definition) is 0. The highest BCUT2D eigenvalue weighted by molar-refractivity contribution is 5.91. The van der Waals surface area contributed by atoms with Gasteiger partial charge >= 0.3 is 5.97 Å². The van der Waals surface area contributed by atoms with Crippen molar-refractivity contribution in [2.45, 2.75) is 26.2 Å². The minimum atomic E-state index is -0.456. The molecule has 0 N–H and O–H groups in total. The number of benzene rings is 2. The van der Waals surface area contributed by atoms with Gasteiger partial charge < -0.3 is 4.74 Å². The third-order valence-corrected chi connectivity index (χ3v) is 3.61. The summed E-state index contributed by atoms with van der Waals surface area (Å²) < 4.78 is 5.38. The molecule has 0 unspecified atom stereocenters. The molecule has 0 radical (unpaired) electrons. The molecule has 0 saturated carbocycles. The monoisotopic (exact) mass is 330 g/mol. The van der Waals surface area contributed by atoms with Crippen molar-refractivity contribution in [1.82, 2.24) is 0 Å². The first-order chi connectivity index (χ1) is 11.8. The van der Waals surface area contributed by atoms with Gasteiger partial charge in [0.25, 0.3) is 0 Å². The number of ether oxygens (including phenoxy) is 1. The van der Waals surface area contributed by atoms with E-state index in [2.05, 4.69) is 20.8 Å². The highest BCUT2D eigenvalue weighted by Gasteiger charge is 2.15. The lowest BCUT2D eigenvalue weighted by molar-refractivity contribution is 0.0734. The standard InChI is InChI=1S/C21H18N2O2/c1-21(2,3)18-9-7-17(8-10-18)20(24)25-19-6-4-5-15(12-19)11-16(13-22)14-23/h4-12H,1-3H3. The van der Waals surface area contributed by atoms with Gasteiger partial charge in [-0.2, -0.15) is 10.5 Å². The van der Waals surface area contributed by atoms with Crippen molar-refractivity contribution < 1.29 is 9.53 Å². The molecule has 4 heteroatoms. The number of esters is 1. The van der Waals surface area contributed by atoms with Crippen LogP contribution in [0.25, 0.3) is 6.08 Å². The Balaban J connectivity index is 2.17. The lowest BCUT2D eigenvalue weighted by Crippen LogP contribution is -2.12. The zero-order chi connectivity index (χ0) is 18.4. The van der Waals surface area contributed by atoms with E-state index in [1.165, 1.54) is 6.08 Å². The highest BCUT2D eigenvalue weighted by Crippen LogP contribution is 2.23. The summed E-state index contributed by atoms with van der Waals surface area (Å²) in [4.78, 5) is 12.3. The summed E-state index contributed by atoms with van der Waals surface area (Å²) in [6, 6.07) is 17.6. The summed E-state index contributed by atoms with van der Waals surface area (Å²) in [6.07, 6.45) is 1.44. The number of allylic oxidation sites excluding steroid dienone is 1. The fourth-order valence-electron chi connectivity index (χ4n) is 2.20. The van der Waals surface area contributed by atoms with Gasteiger partial charge in [0.05, 0.1) is 5.56 Å². The molecule has 124 valence electrons. The number of carbonyl (C=O) groups is 1. The molecule has 2 aromatic rings. The van der Waals surface area contributed by atoms with Crippen molar-refractivity contribution in [3.63, 3.8) is 0 Å². The molecule has 0 atom stereocenters. The van der Waals surface area contributed by atoms with Gasteiger partial charge in [0.1, 0.15) is 23.5 Å². The first-order valence-electron chi connectivity index (χ1n) is 7.78. The van der Waals surface area contributed by atoms with Crippen LogP contribution in [0.15, 0.2) is 54.1 Å². The lowest BCUT2D eigenvalue weighted by Gasteiger charge is -2.18. The summed E-state index contributed by atoms with van der Waals surface area (Å²) in [6.45, 7) is 6.32. The molecule has 0 bridgehead atoms. The van der Waals surface area contributed by atoms with Crippen molar-refractivity contribution in [3.8, 4) is 17.9 Å². The van der Waals surface area contributed by atoms with Crippen LogP contribution in [0.1, 0.15) is 42.3 Å². The minimum absolute atomic E-state index is 0.0127. The fourth-order valence-corrected chi connectivity index (χ4v) is 2.20. The van der Waals surface area contributed by atoms with Crippen LogP contribution in [0.3, 0.4) is 0 Å². The molecule has 0 fully saturated rings. The van der Waals surface area contributed by atoms with Gasteiger partial charge in [0.15, 0.2) is 0 Å². The third kappa shape index (κ3) is 4.80. The van der Waals surface area contributed by atoms with Crippen LogP contribution in [-0.2, 0) is 5.41 Å². The largest absolute Gasteiger partial charge is 0.423 e. The van der Waals surface area contributed by atoms with Crippen LogP contribution in [-0.4, -0.2) is 5.97 Å². The summed E-state index contributed by atoms with van der Waals surface area (Å²) in [5, 5.41) is 17.6. The van der Waals surface area contributed by atoms with Crippen LogP contribution in [0.5, 0.6) is 5.75 Å². The Kier molecular flexibility index (Phi) is 5.37. The fraction of sp³-hybridized carbons (Fsp3) is 0.190. The Bertz CT molecular complexity index is 873. The predicted molar refractivity (Wildman–Crippen MR) is 95.7 cm³/mol. The molecule has 0 aliphatic carbocycles. The van der Waals surface area contributed by atoms with Gasteiger partial charge in [-0.15, -0.1) is 0 Å². The summed E-state index contributed by atoms with van der Waals surface area (Å²) >= 11 is 0. The average molecular weight is 330 g/mol. The molecular formula is C21H18N2O2. The van der Waals surface area contributed by atoms with Crippen molar-refractivity contribution in [1.29, 1.82) is 10.5 Å². The molecule has 0 aliphatic rings. The maximum Gasteiger partial charge on any atom is 0.343 e. The van der Waals surface area contributed by atoms with Crippen LogP contribution >= 0.6 is 0 Å². The molecule has 0 aliphatic heterocycles. The normalized spacial score (nSPS) is 10.3. The van der Waals surface area contributed by atoms with E-state index in [1.54, 1.807) is 48.5 Å². The van der Waals surface area contributed by atoms with E-state index in [4.69, 9.17) is 15.3 Å². The Morgan fingerprint density at radius 2 is 1.68 bits per heavy atom. The Morgan fingerprint density at radius 3 is 2.24 bits per heavy atom. The van der Waals surface area contributed by atoms with Crippen LogP contribution in [0, 0.1) is 22.7 Å². The van der Waals surface area contributed by atoms with Crippen molar-refractivity contribution in [3.05, 3.63) is 70.8 Å². The van der Waals surface area contributed by atoms with Crippen LogP contribution in [0.4, 0.5) is 0 Å². The quantitative estimate of drug-likeness (QED) is 0.467. The Morgan fingerprint density at radius 1 is 1.04 bits per heavy atom. The number of rotatable bonds is 3. The number of hydrogen-bond acceptors (Lipinski definition) is 4. The predicted octanol–water partition coefficient (Wildman–Crippen LogP) is 4.63. The zero-order valence-electron chi connectivity index (χ0n) is 14.4. The second-order valence-electron chi connectivity index (χ2n) is 6.57. The van der Waals surface area contributed by atoms with E-state index in [1.807, 2.05) is 12.1 Å². The van der Waals surface area contributed by atoms with E-state index in [0.717, 1.165) is 5.56 Å². The second kappa shape index (κ2) is 7.47. The molecule has 0 amide bonds. The Hall–Kier alpha value is -3.37. The van der Waals surface area contributed by atoms with Gasteiger partial charge in [-0.25, -0.2) is 4.79 Å². The molecule has 0 aromatic heterocycles. The van der Waals surface area contributed by atoms with Crippen LogP contribution < -0.4 is 4.74 Å². The maximum atomic E-state index is 12.3. The minimum Gasteiger partial charge on any atom is -0.423 e. The summed E-state index contributed by atoms with van der Waals surface area (Å²) in [5.41, 5.74) is 2.22. The van der Waals surface area contributed by atoms with Gasteiger partial charge in [-0.05, 0) is 46.9 Å². The smallest absolute Gasteiger partial charge is 0.343 e. The average Bonchev–Trinajstić information content (AvgIpc) is 2.59. The first-order valence-corrected chi connectivity index (χ1v) is 7.78. The van der Waals surface area contributed by atoms with Crippen molar-refractivity contribution in [2.24, 2.45) is 0 Å². The van der Waals surface area contributed by atoms with E-state index in [-0.39, 0.29) is 11.0 Å². The van der Waals surface area contributed by atoms with E-state index in [9.17, 15) is 4.79 Å². The third-order valence-electron chi connectivity index (χ3n) is 3.61. The molecular weight excluding hydrogens is 312 g/mol. The van der Waals surface area contributed by atoms with Crippen molar-refractivity contribution >= 4 is 12.0 Å². The molecule has 2 aromatic carbocycles. The Labute approximate surface area is 147 Å². The number of carbonyl (C=O) groups excluding carboxylic acids is 1. The molecule has 2 rings (SSSR count). The maximum absolute atomic E-state index is 12.3. The number of nitriles is 2. The second-order valence-corrected chi connectivity index (χ2v) is 6.57.